The minimum absolute atomic E-state index is 0.198. The molecule has 6 heterocycles. The van der Waals surface area contributed by atoms with Gasteiger partial charge >= 0.3 is 0 Å². The highest BCUT2D eigenvalue weighted by atomic mass is 14.7. The number of para-hydroxylation sites is 2. The van der Waals surface area contributed by atoms with E-state index in [1.165, 1.54) is 111 Å². The van der Waals surface area contributed by atoms with E-state index in [4.69, 9.17) is 19.9 Å². The van der Waals surface area contributed by atoms with Crippen LogP contribution in [0.2, 0.25) is 0 Å². The van der Waals surface area contributed by atoms with Crippen molar-refractivity contribution in [2.24, 2.45) is 11.8 Å². The van der Waals surface area contributed by atoms with Crippen LogP contribution in [0.4, 0.5) is 0 Å². The summed E-state index contributed by atoms with van der Waals surface area (Å²) in [5.41, 5.74) is 28.1. The van der Waals surface area contributed by atoms with Gasteiger partial charge in [0.15, 0.2) is 0 Å². The maximum atomic E-state index is 5.64. The lowest BCUT2D eigenvalue weighted by Gasteiger charge is -2.30. The van der Waals surface area contributed by atoms with Gasteiger partial charge in [0, 0.05) is 101 Å². The zero-order valence-electron chi connectivity index (χ0n) is 59.9. The SMILES string of the molecule is CC(C)c1cc(-c2cccc(-c3cccnc3)c2)c2cc(-c3ccccc3)c3c4nc(C(C)C)cc(-c5cccc(-c6cccnc6)c5)c4cc(-c4ccccc4)c3c2n1.Cc1c(C)c2c(ccc3c(C4CCCC(C)C4)c4ccccc4nc32)c2nc3ccccc3c(C3CCCC(C)C3)c12. The molecule has 0 radical (unpaired) electrons. The van der Waals surface area contributed by atoms with Gasteiger partial charge in [-0.3, -0.25) is 19.9 Å². The van der Waals surface area contributed by atoms with E-state index < -0.39 is 0 Å². The number of hydrogen-bond donors (Lipinski definition) is 0. The van der Waals surface area contributed by atoms with Gasteiger partial charge in [-0.15, -0.1) is 0 Å². The average Bonchev–Trinajstić information content (AvgIpc) is 0.715. The Hall–Kier alpha value is -10.8. The molecule has 16 aromatic rings. The van der Waals surface area contributed by atoms with E-state index in [9.17, 15) is 0 Å². The normalized spacial score (nSPS) is 16.5. The Balaban J connectivity index is 0.000000161. The molecule has 6 nitrogen and oxygen atoms in total. The molecule has 4 atom stereocenters. The van der Waals surface area contributed by atoms with E-state index in [1.807, 2.05) is 36.9 Å². The van der Waals surface area contributed by atoms with Crippen molar-refractivity contribution in [1.29, 1.82) is 0 Å². The molecule has 500 valence electrons. The fourth-order valence-corrected chi connectivity index (χ4v) is 17.6. The molecule has 18 rings (SSSR count). The molecule has 2 fully saturated rings. The van der Waals surface area contributed by atoms with Crippen molar-refractivity contribution >= 4 is 87.0 Å². The lowest BCUT2D eigenvalue weighted by molar-refractivity contribution is 0.346. The van der Waals surface area contributed by atoms with Crippen LogP contribution in [0.15, 0.2) is 243 Å². The first-order valence-corrected chi connectivity index (χ1v) is 37.3. The van der Waals surface area contributed by atoms with Crippen LogP contribution >= 0.6 is 0 Å². The molecular formula is C96H86N6. The molecule has 2 saturated carbocycles. The lowest BCUT2D eigenvalue weighted by atomic mass is 9.75. The summed E-state index contributed by atoms with van der Waals surface area (Å²) in [6.45, 7) is 18.5. The van der Waals surface area contributed by atoms with Crippen molar-refractivity contribution in [3.05, 3.63) is 277 Å². The van der Waals surface area contributed by atoms with Crippen LogP contribution in [-0.2, 0) is 0 Å². The van der Waals surface area contributed by atoms with Gasteiger partial charge < -0.3 is 0 Å². The summed E-state index contributed by atoms with van der Waals surface area (Å²) in [4.78, 5) is 31.0. The molecule has 10 aromatic carbocycles. The molecule has 6 aromatic heterocycles. The Morgan fingerprint density at radius 2 is 0.725 bits per heavy atom. The van der Waals surface area contributed by atoms with Crippen molar-refractivity contribution in [2.45, 2.75) is 130 Å². The maximum Gasteiger partial charge on any atom is 0.0797 e. The third-order valence-electron chi connectivity index (χ3n) is 22.8. The predicted octanol–water partition coefficient (Wildman–Crippen LogP) is 26.4. The summed E-state index contributed by atoms with van der Waals surface area (Å²) in [5, 5.41) is 12.5. The van der Waals surface area contributed by atoms with Crippen LogP contribution < -0.4 is 0 Å². The number of nitrogens with zero attached hydrogens (tertiary/aromatic N) is 6. The van der Waals surface area contributed by atoms with Gasteiger partial charge in [0.1, 0.15) is 0 Å². The fraction of sp³-hybridized carbons (Fsp3) is 0.229. The standard InChI is InChI=1S/C56H44N4.C40H42N2/c1-35(2)51-31-45(41-21-11-19-39(27-41)43-23-13-25-57-33-43)49-29-48(38-17-9-6-10-18-38)54-53(55(49)59-51)47(37-15-7-5-8-16-37)30-50-46(32-52(36(3)4)60-56(50)54)42-22-12-20-40(28-42)44-24-14-26-58-34-44;1-23-11-9-13-27(21-23)37-29-15-5-7-17-33(29)41-39-32(37)20-19-31-35(39)25(3)26(4)36-38(28-14-10-12-24(2)22-28)30-16-6-8-18-34(30)42-40(31)36/h5-36H,1-4H3;5-8,15-20,23-24,27-28H,9-14,21-22H2,1-4H3. The highest BCUT2D eigenvalue weighted by molar-refractivity contribution is 6.29. The van der Waals surface area contributed by atoms with E-state index in [1.54, 1.807) is 5.56 Å². The van der Waals surface area contributed by atoms with Gasteiger partial charge in [-0.25, -0.2) is 9.97 Å². The number of aryl methyl sites for hydroxylation is 2. The first kappa shape index (κ1) is 64.5. The zero-order chi connectivity index (χ0) is 69.3. The van der Waals surface area contributed by atoms with Crippen molar-refractivity contribution < 1.29 is 0 Å². The topological polar surface area (TPSA) is 77.3 Å². The number of hydrogen-bond acceptors (Lipinski definition) is 6. The molecule has 0 spiro atoms. The summed E-state index contributed by atoms with van der Waals surface area (Å²) in [7, 11) is 0. The first-order chi connectivity index (χ1) is 49.9. The Kier molecular flexibility index (Phi) is 17.0. The number of aromatic nitrogens is 6. The first-order valence-electron chi connectivity index (χ1n) is 37.3. The molecular weight excluding hydrogens is 1240 g/mol. The van der Waals surface area contributed by atoms with Gasteiger partial charge in [-0.1, -0.05) is 225 Å². The second kappa shape index (κ2) is 26.9. The molecule has 0 saturated heterocycles. The van der Waals surface area contributed by atoms with Crippen LogP contribution in [0.25, 0.3) is 154 Å². The van der Waals surface area contributed by atoms with Crippen molar-refractivity contribution in [1.82, 2.24) is 29.9 Å². The van der Waals surface area contributed by atoms with Crippen LogP contribution in [0.5, 0.6) is 0 Å². The molecule has 2 aliphatic carbocycles. The second-order valence-corrected chi connectivity index (χ2v) is 30.1. The Morgan fingerprint density at radius 1 is 0.314 bits per heavy atom. The molecule has 2 aliphatic rings. The second-order valence-electron chi connectivity index (χ2n) is 30.1. The maximum absolute atomic E-state index is 5.64. The van der Waals surface area contributed by atoms with Gasteiger partial charge in [0.25, 0.3) is 0 Å². The monoisotopic (exact) mass is 1320 g/mol. The third-order valence-corrected chi connectivity index (χ3v) is 22.8. The van der Waals surface area contributed by atoms with Crippen LogP contribution in [0.1, 0.15) is 150 Å². The summed E-state index contributed by atoms with van der Waals surface area (Å²) in [6.07, 6.45) is 18.0. The van der Waals surface area contributed by atoms with E-state index in [0.717, 1.165) is 134 Å². The molecule has 0 amide bonds. The van der Waals surface area contributed by atoms with Crippen molar-refractivity contribution in [3.8, 4) is 66.8 Å². The lowest BCUT2D eigenvalue weighted by Crippen LogP contribution is -2.13. The molecule has 102 heavy (non-hydrogen) atoms. The number of rotatable bonds is 10. The summed E-state index contributed by atoms with van der Waals surface area (Å²) in [5.74, 6) is 3.12. The number of pyridine rings is 6. The van der Waals surface area contributed by atoms with Crippen LogP contribution in [0, 0.1) is 25.7 Å². The van der Waals surface area contributed by atoms with E-state index in [0.29, 0.717) is 11.8 Å². The molecule has 0 N–H and O–H groups in total. The minimum atomic E-state index is 0.198. The van der Waals surface area contributed by atoms with Gasteiger partial charge in [-0.05, 0) is 214 Å². The summed E-state index contributed by atoms with van der Waals surface area (Å²) in [6, 6.07) is 79.5. The largest absolute Gasteiger partial charge is 0.264 e. The third kappa shape index (κ3) is 11.6. The van der Waals surface area contributed by atoms with E-state index in [-0.39, 0.29) is 11.8 Å². The van der Waals surface area contributed by atoms with Gasteiger partial charge in [-0.2, -0.15) is 0 Å². The number of fused-ring (bicyclic) bond motifs is 12. The van der Waals surface area contributed by atoms with Gasteiger partial charge in [0.05, 0.1) is 33.1 Å². The van der Waals surface area contributed by atoms with Crippen LogP contribution in [0.3, 0.4) is 0 Å². The fourth-order valence-electron chi connectivity index (χ4n) is 17.6. The minimum Gasteiger partial charge on any atom is -0.264 e. The Bertz CT molecular complexity index is 5670. The highest BCUT2D eigenvalue weighted by Gasteiger charge is 2.31. The molecule has 0 bridgehead atoms. The quantitative estimate of drug-likeness (QED) is 0.100. The van der Waals surface area contributed by atoms with E-state index >= 15 is 0 Å². The predicted molar refractivity (Wildman–Crippen MR) is 431 cm³/mol. The Labute approximate surface area is 599 Å². The van der Waals surface area contributed by atoms with Crippen molar-refractivity contribution in [3.63, 3.8) is 0 Å². The molecule has 4 unspecified atom stereocenters. The molecule has 6 heteroatoms. The van der Waals surface area contributed by atoms with Crippen molar-refractivity contribution in [2.75, 3.05) is 0 Å². The van der Waals surface area contributed by atoms with E-state index in [2.05, 4.69) is 272 Å². The zero-order valence-corrected chi connectivity index (χ0v) is 59.9. The van der Waals surface area contributed by atoms with Gasteiger partial charge in [0.2, 0.25) is 0 Å². The van der Waals surface area contributed by atoms with Crippen LogP contribution in [-0.4, -0.2) is 29.9 Å². The highest BCUT2D eigenvalue weighted by Crippen LogP contribution is 2.51. The smallest absolute Gasteiger partial charge is 0.0797 e. The summed E-state index contributed by atoms with van der Waals surface area (Å²) >= 11 is 0. The average molecular weight is 1320 g/mol. The Morgan fingerprint density at radius 3 is 1.21 bits per heavy atom. The molecule has 0 aliphatic heterocycles. The summed E-state index contributed by atoms with van der Waals surface area (Å²) < 4.78 is 0. The number of benzene rings is 10.